The van der Waals surface area contributed by atoms with Crippen LogP contribution < -0.4 is 10.1 Å². The van der Waals surface area contributed by atoms with E-state index in [0.29, 0.717) is 44.2 Å². The number of nitrogens with one attached hydrogen (secondary N) is 1. The maximum atomic E-state index is 12.6. The monoisotopic (exact) mass is 382 g/mol. The van der Waals surface area contributed by atoms with E-state index in [4.69, 9.17) is 4.74 Å². The van der Waals surface area contributed by atoms with Crippen LogP contribution in [0.1, 0.15) is 21.5 Å². The first-order valence-corrected chi connectivity index (χ1v) is 9.35. The highest BCUT2D eigenvalue weighted by Gasteiger charge is 2.23. The highest BCUT2D eigenvalue weighted by molar-refractivity contribution is 5.94. The van der Waals surface area contributed by atoms with Crippen LogP contribution in [-0.2, 0) is 4.79 Å². The Morgan fingerprint density at radius 2 is 1.75 bits per heavy atom. The van der Waals surface area contributed by atoms with Gasteiger partial charge in [-0.15, -0.1) is 0 Å². The average molecular weight is 382 g/mol. The predicted octanol–water partition coefficient (Wildman–Crippen LogP) is 2.10. The molecule has 1 saturated heterocycles. The fraction of sp³-hybridized carbons (Fsp3) is 0.381. The topological polar surface area (TPSA) is 74.8 Å². The second-order valence-corrected chi connectivity index (χ2v) is 6.97. The SMILES string of the molecule is COc1ccc(C(=O)N2CCN(CC(=O)Nc3c(C)cccc3C)CC2)cn1. The van der Waals surface area contributed by atoms with Gasteiger partial charge in [0.1, 0.15) is 0 Å². The molecule has 0 saturated carbocycles. The zero-order chi connectivity index (χ0) is 20.1. The van der Waals surface area contributed by atoms with Crippen molar-refractivity contribution in [2.45, 2.75) is 13.8 Å². The number of carbonyl (C=O) groups is 2. The Labute approximate surface area is 165 Å². The van der Waals surface area contributed by atoms with Crippen LogP contribution in [0.4, 0.5) is 5.69 Å². The van der Waals surface area contributed by atoms with Gasteiger partial charge in [0.2, 0.25) is 11.8 Å². The summed E-state index contributed by atoms with van der Waals surface area (Å²) in [6.07, 6.45) is 1.53. The van der Waals surface area contributed by atoms with Gasteiger partial charge < -0.3 is 15.0 Å². The molecule has 1 aromatic heterocycles. The molecule has 3 rings (SSSR count). The summed E-state index contributed by atoms with van der Waals surface area (Å²) in [5.74, 6) is 0.405. The van der Waals surface area contributed by atoms with Crippen LogP contribution in [0.2, 0.25) is 0 Å². The number of anilines is 1. The normalized spacial score (nSPS) is 14.6. The molecular weight excluding hydrogens is 356 g/mol. The first kappa shape index (κ1) is 19.8. The molecule has 2 heterocycles. The summed E-state index contributed by atoms with van der Waals surface area (Å²) in [6, 6.07) is 9.36. The highest BCUT2D eigenvalue weighted by Crippen LogP contribution is 2.19. The molecule has 1 N–H and O–H groups in total. The van der Waals surface area contributed by atoms with Gasteiger partial charge in [-0.1, -0.05) is 18.2 Å². The lowest BCUT2D eigenvalue weighted by atomic mass is 10.1. The van der Waals surface area contributed by atoms with Crippen LogP contribution >= 0.6 is 0 Å². The van der Waals surface area contributed by atoms with Gasteiger partial charge in [0, 0.05) is 44.1 Å². The van der Waals surface area contributed by atoms with Crippen molar-refractivity contribution in [1.82, 2.24) is 14.8 Å². The van der Waals surface area contributed by atoms with Crippen molar-refractivity contribution in [2.24, 2.45) is 0 Å². The number of ether oxygens (including phenoxy) is 1. The summed E-state index contributed by atoms with van der Waals surface area (Å²) >= 11 is 0. The number of methoxy groups -OCH3 is 1. The fourth-order valence-electron chi connectivity index (χ4n) is 3.31. The van der Waals surface area contributed by atoms with E-state index in [0.717, 1.165) is 16.8 Å². The molecule has 7 heteroatoms. The third-order valence-corrected chi connectivity index (χ3v) is 4.96. The van der Waals surface area contributed by atoms with E-state index in [1.165, 1.54) is 6.20 Å². The summed E-state index contributed by atoms with van der Waals surface area (Å²) in [4.78, 5) is 33.0. The largest absolute Gasteiger partial charge is 0.481 e. The molecule has 148 valence electrons. The molecule has 0 bridgehead atoms. The van der Waals surface area contributed by atoms with Gasteiger partial charge in [0.05, 0.1) is 19.2 Å². The van der Waals surface area contributed by atoms with E-state index in [1.54, 1.807) is 24.1 Å². The molecule has 1 aliphatic heterocycles. The van der Waals surface area contributed by atoms with Gasteiger partial charge in [0.25, 0.3) is 5.91 Å². The minimum Gasteiger partial charge on any atom is -0.481 e. The molecule has 2 amide bonds. The van der Waals surface area contributed by atoms with E-state index >= 15 is 0 Å². The second kappa shape index (κ2) is 8.84. The van der Waals surface area contributed by atoms with Crippen molar-refractivity contribution in [3.05, 3.63) is 53.2 Å². The quantitative estimate of drug-likeness (QED) is 0.857. The molecule has 0 atom stereocenters. The summed E-state index contributed by atoms with van der Waals surface area (Å²) in [7, 11) is 1.54. The molecule has 1 fully saturated rings. The zero-order valence-corrected chi connectivity index (χ0v) is 16.6. The van der Waals surface area contributed by atoms with Gasteiger partial charge in [0.15, 0.2) is 0 Å². The number of para-hydroxylation sites is 1. The van der Waals surface area contributed by atoms with Gasteiger partial charge in [-0.3, -0.25) is 14.5 Å². The van der Waals surface area contributed by atoms with Crippen LogP contribution in [0.5, 0.6) is 5.88 Å². The fourth-order valence-corrected chi connectivity index (χ4v) is 3.31. The molecule has 28 heavy (non-hydrogen) atoms. The number of nitrogens with zero attached hydrogens (tertiary/aromatic N) is 3. The third kappa shape index (κ3) is 4.67. The summed E-state index contributed by atoms with van der Waals surface area (Å²) in [6.45, 7) is 6.79. The molecule has 0 unspecified atom stereocenters. The smallest absolute Gasteiger partial charge is 0.255 e. The van der Waals surface area contributed by atoms with Crippen molar-refractivity contribution in [2.75, 3.05) is 45.2 Å². The maximum absolute atomic E-state index is 12.6. The Kier molecular flexibility index (Phi) is 6.26. The van der Waals surface area contributed by atoms with Gasteiger partial charge in [-0.25, -0.2) is 4.98 Å². The Bertz CT molecular complexity index is 823. The first-order valence-electron chi connectivity index (χ1n) is 9.35. The lowest BCUT2D eigenvalue weighted by Crippen LogP contribution is -2.50. The van der Waals surface area contributed by atoms with Crippen LogP contribution in [0, 0.1) is 13.8 Å². The number of aromatic nitrogens is 1. The van der Waals surface area contributed by atoms with E-state index in [1.807, 2.05) is 32.0 Å². The predicted molar refractivity (Wildman–Crippen MR) is 108 cm³/mol. The maximum Gasteiger partial charge on any atom is 0.255 e. The number of rotatable bonds is 5. The van der Waals surface area contributed by atoms with E-state index in [-0.39, 0.29) is 11.8 Å². The summed E-state index contributed by atoms with van der Waals surface area (Å²) in [5, 5.41) is 3.02. The number of pyridine rings is 1. The molecular formula is C21H26N4O3. The molecule has 0 aliphatic carbocycles. The molecule has 7 nitrogen and oxygen atoms in total. The van der Waals surface area contributed by atoms with Gasteiger partial charge in [-0.05, 0) is 31.0 Å². The van der Waals surface area contributed by atoms with Gasteiger partial charge in [-0.2, -0.15) is 0 Å². The number of amides is 2. The number of benzene rings is 1. The number of piperazine rings is 1. The molecule has 0 radical (unpaired) electrons. The van der Waals surface area contributed by atoms with Crippen molar-refractivity contribution in [1.29, 1.82) is 0 Å². The average Bonchev–Trinajstić information content (AvgIpc) is 2.71. The summed E-state index contributed by atoms with van der Waals surface area (Å²) < 4.78 is 5.02. The van der Waals surface area contributed by atoms with Crippen molar-refractivity contribution < 1.29 is 14.3 Å². The van der Waals surface area contributed by atoms with Crippen molar-refractivity contribution in [3.8, 4) is 5.88 Å². The molecule has 1 aliphatic rings. The lowest BCUT2D eigenvalue weighted by molar-refractivity contribution is -0.117. The van der Waals surface area contributed by atoms with Crippen LogP contribution in [0.25, 0.3) is 0 Å². The number of hydrogen-bond donors (Lipinski definition) is 1. The molecule has 2 aromatic rings. The van der Waals surface area contributed by atoms with Crippen LogP contribution in [0.15, 0.2) is 36.5 Å². The van der Waals surface area contributed by atoms with Crippen LogP contribution in [-0.4, -0.2) is 66.4 Å². The Balaban J connectivity index is 1.50. The molecule has 1 aromatic carbocycles. The van der Waals surface area contributed by atoms with Crippen molar-refractivity contribution in [3.63, 3.8) is 0 Å². The minimum absolute atomic E-state index is 0.0310. The second-order valence-electron chi connectivity index (χ2n) is 6.97. The van der Waals surface area contributed by atoms with E-state index < -0.39 is 0 Å². The van der Waals surface area contributed by atoms with E-state index in [9.17, 15) is 9.59 Å². The van der Waals surface area contributed by atoms with Gasteiger partial charge >= 0.3 is 0 Å². The Morgan fingerprint density at radius 1 is 1.07 bits per heavy atom. The van der Waals surface area contributed by atoms with E-state index in [2.05, 4.69) is 15.2 Å². The minimum atomic E-state index is -0.0465. The number of carbonyl (C=O) groups excluding carboxylic acids is 2. The number of aryl methyl sites for hydroxylation is 2. The zero-order valence-electron chi connectivity index (χ0n) is 16.6. The molecule has 0 spiro atoms. The third-order valence-electron chi connectivity index (χ3n) is 4.96. The first-order chi connectivity index (χ1) is 13.5. The van der Waals surface area contributed by atoms with Crippen molar-refractivity contribution >= 4 is 17.5 Å². The Hall–Kier alpha value is -2.93. The lowest BCUT2D eigenvalue weighted by Gasteiger charge is -2.34. The number of hydrogen-bond acceptors (Lipinski definition) is 5. The summed E-state index contributed by atoms with van der Waals surface area (Å²) in [5.41, 5.74) is 3.53. The standard InChI is InChI=1S/C21H26N4O3/c1-15-5-4-6-16(2)20(15)23-18(26)14-24-9-11-25(12-10-24)21(27)17-7-8-19(28-3)22-13-17/h4-8,13H,9-12,14H2,1-3H3,(H,23,26). The Morgan fingerprint density at radius 3 is 2.32 bits per heavy atom. The highest BCUT2D eigenvalue weighted by atomic mass is 16.5. The van der Waals surface area contributed by atoms with Crippen LogP contribution in [0.3, 0.4) is 0 Å².